The van der Waals surface area contributed by atoms with E-state index >= 15 is 0 Å². The zero-order chi connectivity index (χ0) is 14.3. The second-order valence-corrected chi connectivity index (χ2v) is 4.87. The lowest BCUT2D eigenvalue weighted by atomic mass is 10.1. The van der Waals surface area contributed by atoms with Crippen molar-refractivity contribution in [2.75, 3.05) is 4.90 Å². The number of benzene rings is 2. The van der Waals surface area contributed by atoms with Gasteiger partial charge in [-0.15, -0.1) is 0 Å². The molecule has 0 saturated heterocycles. The van der Waals surface area contributed by atoms with Crippen molar-refractivity contribution in [1.82, 2.24) is 0 Å². The largest absolute Gasteiger partial charge is 0.300 e. The van der Waals surface area contributed by atoms with Gasteiger partial charge in [-0.2, -0.15) is 0 Å². The smallest absolute Gasteiger partial charge is 0.299 e. The Morgan fingerprint density at radius 3 is 2.65 bits per heavy atom. The Labute approximate surface area is 115 Å². The number of nitrogens with zero attached hydrogens (tertiary/aromatic N) is 1. The van der Waals surface area contributed by atoms with E-state index in [2.05, 4.69) is 0 Å². The highest BCUT2D eigenvalue weighted by atomic mass is 19.1. The Kier molecular flexibility index (Phi) is 2.86. The average molecular weight is 269 g/mol. The molecule has 20 heavy (non-hydrogen) atoms. The zero-order valence-electron chi connectivity index (χ0n) is 10.9. The lowest BCUT2D eigenvalue weighted by Crippen LogP contribution is -2.29. The molecular weight excluding hydrogens is 257 g/mol. The van der Waals surface area contributed by atoms with Gasteiger partial charge in [0.15, 0.2) is 0 Å². The van der Waals surface area contributed by atoms with Crippen LogP contribution in [0.4, 0.5) is 10.1 Å². The molecule has 0 bridgehead atoms. The highest BCUT2D eigenvalue weighted by Crippen LogP contribution is 2.31. The number of halogens is 1. The maximum absolute atomic E-state index is 13.3. The van der Waals surface area contributed by atoms with Crippen molar-refractivity contribution in [2.24, 2.45) is 0 Å². The summed E-state index contributed by atoms with van der Waals surface area (Å²) in [6.45, 7) is 2.22. The summed E-state index contributed by atoms with van der Waals surface area (Å²) >= 11 is 0. The van der Waals surface area contributed by atoms with Crippen molar-refractivity contribution in [2.45, 2.75) is 13.5 Å². The Hall–Kier alpha value is -2.49. The molecule has 0 aliphatic carbocycles. The average Bonchev–Trinajstić information content (AvgIpc) is 2.64. The molecule has 4 heteroatoms. The molecule has 1 aliphatic heterocycles. The van der Waals surface area contributed by atoms with Crippen molar-refractivity contribution in [1.29, 1.82) is 0 Å². The first-order chi connectivity index (χ1) is 9.56. The number of anilines is 1. The van der Waals surface area contributed by atoms with E-state index in [1.165, 1.54) is 23.1 Å². The summed E-state index contributed by atoms with van der Waals surface area (Å²) in [6.07, 6.45) is 0. The van der Waals surface area contributed by atoms with Gasteiger partial charge >= 0.3 is 0 Å². The third-order valence-corrected chi connectivity index (χ3v) is 3.36. The summed E-state index contributed by atoms with van der Waals surface area (Å²) in [5.41, 5.74) is 2.59. The van der Waals surface area contributed by atoms with E-state index in [0.29, 0.717) is 5.69 Å². The van der Waals surface area contributed by atoms with Crippen molar-refractivity contribution in [3.63, 3.8) is 0 Å². The highest BCUT2D eigenvalue weighted by molar-refractivity contribution is 6.52. The number of ketones is 1. The summed E-state index contributed by atoms with van der Waals surface area (Å²) in [6, 6.07) is 11.4. The summed E-state index contributed by atoms with van der Waals surface area (Å²) in [5, 5.41) is 0. The molecule has 0 atom stereocenters. The molecule has 2 aromatic rings. The topological polar surface area (TPSA) is 37.4 Å². The zero-order valence-corrected chi connectivity index (χ0v) is 10.9. The lowest BCUT2D eigenvalue weighted by molar-refractivity contribution is -0.114. The second kappa shape index (κ2) is 4.56. The number of aryl methyl sites for hydroxylation is 1. The van der Waals surface area contributed by atoms with Gasteiger partial charge in [0.1, 0.15) is 5.82 Å². The van der Waals surface area contributed by atoms with Gasteiger partial charge in [0.25, 0.3) is 11.7 Å². The van der Waals surface area contributed by atoms with Gasteiger partial charge in [0, 0.05) is 0 Å². The Balaban J connectivity index is 2.01. The van der Waals surface area contributed by atoms with Gasteiger partial charge in [-0.25, -0.2) is 4.39 Å². The fourth-order valence-electron chi connectivity index (χ4n) is 2.42. The van der Waals surface area contributed by atoms with Crippen molar-refractivity contribution in [3.8, 4) is 0 Å². The number of hydrogen-bond donors (Lipinski definition) is 0. The number of Topliss-reactive ketones (excluding diaryl/α,β-unsaturated/α-hetero) is 1. The molecule has 1 amide bonds. The third kappa shape index (κ3) is 1.99. The SMILES string of the molecule is Cc1cccc(CN2C(=O)C(=O)c3ccc(F)cc32)c1. The van der Waals surface area contributed by atoms with Crippen LogP contribution in [0, 0.1) is 12.7 Å². The lowest BCUT2D eigenvalue weighted by Gasteiger charge is -2.16. The first-order valence-electron chi connectivity index (χ1n) is 6.27. The van der Waals surface area contributed by atoms with Gasteiger partial charge in [-0.3, -0.25) is 9.59 Å². The molecule has 0 unspecified atom stereocenters. The number of fused-ring (bicyclic) bond motifs is 1. The van der Waals surface area contributed by atoms with Crippen LogP contribution in [0.5, 0.6) is 0 Å². The van der Waals surface area contributed by atoms with E-state index in [0.717, 1.165) is 11.1 Å². The molecule has 100 valence electrons. The summed E-state index contributed by atoms with van der Waals surface area (Å²) in [4.78, 5) is 25.2. The van der Waals surface area contributed by atoms with E-state index in [-0.39, 0.29) is 12.1 Å². The van der Waals surface area contributed by atoms with E-state index in [9.17, 15) is 14.0 Å². The number of amides is 1. The van der Waals surface area contributed by atoms with Crippen molar-refractivity contribution in [3.05, 3.63) is 65.0 Å². The van der Waals surface area contributed by atoms with Crippen LogP contribution in [0.3, 0.4) is 0 Å². The molecule has 0 fully saturated rings. The number of hydrogen-bond acceptors (Lipinski definition) is 2. The van der Waals surface area contributed by atoms with Crippen LogP contribution in [0.1, 0.15) is 21.5 Å². The molecular formula is C16H12FNO2. The quantitative estimate of drug-likeness (QED) is 0.786. The molecule has 3 nitrogen and oxygen atoms in total. The molecule has 0 aromatic heterocycles. The van der Waals surface area contributed by atoms with Crippen LogP contribution < -0.4 is 4.90 Å². The van der Waals surface area contributed by atoms with Crippen molar-refractivity contribution < 1.29 is 14.0 Å². The molecule has 0 spiro atoms. The summed E-state index contributed by atoms with van der Waals surface area (Å²) < 4.78 is 13.3. The Morgan fingerprint density at radius 2 is 1.90 bits per heavy atom. The summed E-state index contributed by atoms with van der Waals surface area (Å²) in [7, 11) is 0. The third-order valence-electron chi connectivity index (χ3n) is 3.36. The molecule has 2 aromatic carbocycles. The molecule has 0 N–H and O–H groups in total. The fraction of sp³-hybridized carbons (Fsp3) is 0.125. The van der Waals surface area contributed by atoms with Crippen LogP contribution in [0.15, 0.2) is 42.5 Å². The minimum Gasteiger partial charge on any atom is -0.300 e. The molecule has 3 rings (SSSR count). The monoisotopic (exact) mass is 269 g/mol. The van der Waals surface area contributed by atoms with Crippen LogP contribution in [0.25, 0.3) is 0 Å². The Bertz CT molecular complexity index is 724. The van der Waals surface area contributed by atoms with Gasteiger partial charge < -0.3 is 4.90 Å². The van der Waals surface area contributed by atoms with Crippen LogP contribution >= 0.6 is 0 Å². The van der Waals surface area contributed by atoms with Gasteiger partial charge in [0.2, 0.25) is 0 Å². The molecule has 1 aliphatic rings. The fourth-order valence-corrected chi connectivity index (χ4v) is 2.42. The summed E-state index contributed by atoms with van der Waals surface area (Å²) in [5.74, 6) is -1.64. The van der Waals surface area contributed by atoms with E-state index in [4.69, 9.17) is 0 Å². The van der Waals surface area contributed by atoms with E-state index < -0.39 is 17.5 Å². The normalized spacial score (nSPS) is 13.8. The number of rotatable bonds is 2. The van der Waals surface area contributed by atoms with Gasteiger partial charge in [-0.05, 0) is 30.7 Å². The molecule has 0 saturated carbocycles. The highest BCUT2D eigenvalue weighted by Gasteiger charge is 2.35. The van der Waals surface area contributed by atoms with E-state index in [1.807, 2.05) is 31.2 Å². The first kappa shape index (κ1) is 12.5. The Morgan fingerprint density at radius 1 is 1.10 bits per heavy atom. The van der Waals surface area contributed by atoms with Crippen molar-refractivity contribution >= 4 is 17.4 Å². The van der Waals surface area contributed by atoms with Crippen LogP contribution in [0.2, 0.25) is 0 Å². The van der Waals surface area contributed by atoms with Crippen LogP contribution in [-0.4, -0.2) is 11.7 Å². The predicted octanol–water partition coefficient (Wildman–Crippen LogP) is 2.86. The minimum absolute atomic E-state index is 0.267. The van der Waals surface area contributed by atoms with E-state index in [1.54, 1.807) is 0 Å². The number of carbonyl (C=O) groups is 2. The minimum atomic E-state index is -0.605. The van der Waals surface area contributed by atoms with Crippen LogP contribution in [-0.2, 0) is 11.3 Å². The maximum Gasteiger partial charge on any atom is 0.299 e. The van der Waals surface area contributed by atoms with Gasteiger partial charge in [0.05, 0.1) is 17.8 Å². The maximum atomic E-state index is 13.3. The predicted molar refractivity (Wildman–Crippen MR) is 73.1 cm³/mol. The number of carbonyl (C=O) groups excluding carboxylic acids is 2. The second-order valence-electron chi connectivity index (χ2n) is 4.87. The standard InChI is InChI=1S/C16H12FNO2/c1-10-3-2-4-11(7-10)9-18-14-8-12(17)5-6-13(14)15(19)16(18)20/h2-8H,9H2,1H3. The molecule has 1 heterocycles. The van der Waals surface area contributed by atoms with Gasteiger partial charge in [-0.1, -0.05) is 29.8 Å². The molecule has 0 radical (unpaired) electrons. The first-order valence-corrected chi connectivity index (χ1v) is 6.27.